The van der Waals surface area contributed by atoms with Crippen molar-refractivity contribution in [2.24, 2.45) is 5.10 Å². The largest absolute Gasteiger partial charge is 0.478 e. The molecule has 1 atom stereocenters. The average molecular weight is 603 g/mol. The van der Waals surface area contributed by atoms with Gasteiger partial charge in [0.05, 0.1) is 49.7 Å². The molecule has 2 aliphatic rings. The normalized spacial score (nSPS) is 18.3. The van der Waals surface area contributed by atoms with Crippen LogP contribution in [-0.2, 0) is 24.1 Å². The zero-order chi connectivity index (χ0) is 28.8. The molecule has 1 aromatic carbocycles. The summed E-state index contributed by atoms with van der Waals surface area (Å²) in [5.74, 6) is 0.0436. The molecule has 0 spiro atoms. The van der Waals surface area contributed by atoms with Crippen molar-refractivity contribution in [3.63, 3.8) is 0 Å². The summed E-state index contributed by atoms with van der Waals surface area (Å²) < 4.78 is 42.4. The minimum absolute atomic E-state index is 0.150. The third kappa shape index (κ3) is 7.38. The molecule has 41 heavy (non-hydrogen) atoms. The number of hydrogen-bond donors (Lipinski definition) is 1. The number of carbonyl (C=O) groups is 1. The van der Waals surface area contributed by atoms with Gasteiger partial charge in [-0.05, 0) is 45.1 Å². The maximum Gasteiger partial charge on any atom is 0.278 e. The number of aromatic nitrogens is 2. The fourth-order valence-electron chi connectivity index (χ4n) is 4.43. The quantitative estimate of drug-likeness (QED) is 0.257. The first-order chi connectivity index (χ1) is 19.8. The van der Waals surface area contributed by atoms with Gasteiger partial charge in [0.25, 0.3) is 5.91 Å². The van der Waals surface area contributed by atoms with E-state index in [2.05, 4.69) is 25.3 Å². The van der Waals surface area contributed by atoms with Crippen LogP contribution in [0, 0.1) is 0 Å². The number of nitrogens with one attached hydrogen (secondary N) is 1. The molecule has 3 aromatic rings. The van der Waals surface area contributed by atoms with E-state index in [0.29, 0.717) is 72.9 Å². The number of benzene rings is 1. The zero-order valence-electron chi connectivity index (χ0n) is 23.1. The standard InChI is InChI=1S/C27H34N6O6S2/c1-32(2)11-3-14-39-23-9-8-22-26(29-23)40-27(28-22)30-25(34)24(31-33-12-16-37-17-13-33)19-4-6-20(7-5-19)41(35,36)21-10-15-38-18-21/h4-9,21H,3,10-18H2,1-2H3,(H,28,30,34)/b31-24+/t21-/m0/s1. The van der Waals surface area contributed by atoms with E-state index >= 15 is 0 Å². The van der Waals surface area contributed by atoms with Crippen LogP contribution < -0.4 is 10.1 Å². The lowest BCUT2D eigenvalue weighted by atomic mass is 10.1. The van der Waals surface area contributed by atoms with Gasteiger partial charge >= 0.3 is 0 Å². The van der Waals surface area contributed by atoms with Gasteiger partial charge in [-0.3, -0.25) is 15.1 Å². The van der Waals surface area contributed by atoms with Gasteiger partial charge in [0, 0.05) is 24.8 Å². The number of ether oxygens (including phenoxy) is 3. The topological polar surface area (TPSA) is 136 Å². The highest BCUT2D eigenvalue weighted by Gasteiger charge is 2.31. The summed E-state index contributed by atoms with van der Waals surface area (Å²) in [6, 6.07) is 9.84. The highest BCUT2D eigenvalue weighted by atomic mass is 32.2. The third-order valence-electron chi connectivity index (χ3n) is 6.68. The molecule has 2 saturated heterocycles. The Bertz CT molecular complexity index is 1480. The number of hydrogen-bond acceptors (Lipinski definition) is 12. The lowest BCUT2D eigenvalue weighted by molar-refractivity contribution is -0.110. The maximum atomic E-state index is 13.5. The molecule has 0 unspecified atom stereocenters. The van der Waals surface area contributed by atoms with E-state index in [9.17, 15) is 13.2 Å². The van der Waals surface area contributed by atoms with Crippen LogP contribution in [0.1, 0.15) is 18.4 Å². The first kappa shape index (κ1) is 29.3. The summed E-state index contributed by atoms with van der Waals surface area (Å²) in [7, 11) is 0.503. The van der Waals surface area contributed by atoms with Crippen molar-refractivity contribution in [1.82, 2.24) is 19.9 Å². The van der Waals surface area contributed by atoms with Gasteiger partial charge in [-0.25, -0.2) is 18.4 Å². The smallest absolute Gasteiger partial charge is 0.278 e. The van der Waals surface area contributed by atoms with Crippen LogP contribution in [0.2, 0.25) is 0 Å². The summed E-state index contributed by atoms with van der Waals surface area (Å²) in [5, 5.41) is 9.06. The minimum Gasteiger partial charge on any atom is -0.478 e. The van der Waals surface area contributed by atoms with Crippen LogP contribution in [0.3, 0.4) is 0 Å². The van der Waals surface area contributed by atoms with Crippen molar-refractivity contribution in [3.8, 4) is 5.88 Å². The number of morpholine rings is 1. The Balaban J connectivity index is 1.34. The summed E-state index contributed by atoms with van der Waals surface area (Å²) in [6.45, 7) is 4.17. The maximum absolute atomic E-state index is 13.5. The van der Waals surface area contributed by atoms with Gasteiger partial charge in [-0.2, -0.15) is 5.10 Å². The van der Waals surface area contributed by atoms with Gasteiger partial charge in [0.15, 0.2) is 20.7 Å². The van der Waals surface area contributed by atoms with Crippen molar-refractivity contribution in [3.05, 3.63) is 42.0 Å². The molecule has 14 heteroatoms. The molecule has 2 aromatic heterocycles. The molecule has 4 heterocycles. The number of fused-ring (bicyclic) bond motifs is 1. The molecule has 0 aliphatic carbocycles. The van der Waals surface area contributed by atoms with Crippen LogP contribution in [0.4, 0.5) is 5.13 Å². The Morgan fingerprint density at radius 3 is 2.61 bits per heavy atom. The number of carbonyl (C=O) groups excluding carboxylic acids is 1. The van der Waals surface area contributed by atoms with Crippen LogP contribution in [0.5, 0.6) is 5.88 Å². The lowest BCUT2D eigenvalue weighted by Crippen LogP contribution is -2.35. The fraction of sp³-hybridized carbons (Fsp3) is 0.481. The van der Waals surface area contributed by atoms with E-state index in [-0.39, 0.29) is 17.2 Å². The van der Waals surface area contributed by atoms with E-state index in [0.717, 1.165) is 13.0 Å². The van der Waals surface area contributed by atoms with Crippen molar-refractivity contribution < 1.29 is 27.4 Å². The number of sulfone groups is 1. The Hall–Kier alpha value is -3.17. The molecule has 0 saturated carbocycles. The molecule has 0 radical (unpaired) electrons. The second-order valence-corrected chi connectivity index (χ2v) is 13.2. The van der Waals surface area contributed by atoms with Gasteiger partial charge in [-0.1, -0.05) is 23.5 Å². The second kappa shape index (κ2) is 13.2. The van der Waals surface area contributed by atoms with E-state index in [1.807, 2.05) is 20.2 Å². The lowest BCUT2D eigenvalue weighted by Gasteiger charge is -2.25. The number of hydrazone groups is 1. The van der Waals surface area contributed by atoms with Gasteiger partial charge in [0.2, 0.25) is 5.88 Å². The molecule has 2 fully saturated rings. The monoisotopic (exact) mass is 602 g/mol. The number of pyridine rings is 1. The molecular formula is C27H34N6O6S2. The number of thiazole rings is 1. The third-order valence-corrected chi connectivity index (χ3v) is 9.74. The predicted octanol–water partition coefficient (Wildman–Crippen LogP) is 2.26. The Kier molecular flexibility index (Phi) is 9.45. The SMILES string of the molecule is CN(C)CCCOc1ccc2nc(NC(=O)/C(=N/N3CCOCC3)c3ccc(S(=O)(=O)[C@H]4CCOC4)cc3)sc2n1. The average Bonchev–Trinajstić information content (AvgIpc) is 3.65. The summed E-state index contributed by atoms with van der Waals surface area (Å²) in [4.78, 5) is 25.5. The van der Waals surface area contributed by atoms with Crippen LogP contribution in [0.25, 0.3) is 10.3 Å². The summed E-state index contributed by atoms with van der Waals surface area (Å²) >= 11 is 1.24. The zero-order valence-corrected chi connectivity index (χ0v) is 24.7. The number of amides is 1. The highest BCUT2D eigenvalue weighted by molar-refractivity contribution is 7.92. The van der Waals surface area contributed by atoms with Crippen LogP contribution in [0.15, 0.2) is 46.4 Å². The Morgan fingerprint density at radius 2 is 1.90 bits per heavy atom. The molecule has 12 nitrogen and oxygen atoms in total. The second-order valence-electron chi connectivity index (χ2n) is 10.0. The first-order valence-electron chi connectivity index (χ1n) is 13.5. The van der Waals surface area contributed by atoms with Crippen molar-refractivity contribution in [1.29, 1.82) is 0 Å². The van der Waals surface area contributed by atoms with Crippen molar-refractivity contribution in [2.75, 3.05) is 72.1 Å². The molecule has 1 amide bonds. The van der Waals surface area contributed by atoms with Crippen molar-refractivity contribution in [2.45, 2.75) is 23.0 Å². The molecule has 1 N–H and O–H groups in total. The summed E-state index contributed by atoms with van der Waals surface area (Å²) in [6.07, 6.45) is 1.35. The molecule has 0 bridgehead atoms. The van der Waals surface area contributed by atoms with E-state index < -0.39 is 21.0 Å². The highest BCUT2D eigenvalue weighted by Crippen LogP contribution is 2.27. The van der Waals surface area contributed by atoms with Crippen molar-refractivity contribution >= 4 is 48.3 Å². The van der Waals surface area contributed by atoms with Gasteiger partial charge in [0.1, 0.15) is 10.3 Å². The van der Waals surface area contributed by atoms with Crippen LogP contribution in [-0.4, -0.2) is 112 Å². The van der Waals surface area contributed by atoms with E-state index in [1.54, 1.807) is 23.2 Å². The fourth-order valence-corrected chi connectivity index (χ4v) is 6.84. The summed E-state index contributed by atoms with van der Waals surface area (Å²) in [5.41, 5.74) is 1.28. The van der Waals surface area contributed by atoms with Gasteiger partial charge < -0.3 is 19.1 Å². The van der Waals surface area contributed by atoms with E-state index in [1.165, 1.54) is 23.5 Å². The number of rotatable bonds is 11. The molecule has 220 valence electrons. The predicted molar refractivity (Wildman–Crippen MR) is 156 cm³/mol. The minimum atomic E-state index is -3.53. The first-order valence-corrected chi connectivity index (χ1v) is 15.9. The Labute approximate surface area is 243 Å². The van der Waals surface area contributed by atoms with E-state index in [4.69, 9.17) is 14.2 Å². The Morgan fingerprint density at radius 1 is 1.12 bits per heavy atom. The number of anilines is 1. The molecule has 5 rings (SSSR count). The molecule has 2 aliphatic heterocycles. The molecular weight excluding hydrogens is 568 g/mol. The van der Waals surface area contributed by atoms with Gasteiger partial charge in [-0.15, -0.1) is 0 Å². The number of nitrogens with zero attached hydrogens (tertiary/aromatic N) is 5. The van der Waals surface area contributed by atoms with Crippen LogP contribution >= 0.6 is 11.3 Å².